The molecule has 2 heterocycles. The van der Waals surface area contributed by atoms with E-state index in [4.69, 9.17) is 5.73 Å². The maximum absolute atomic E-state index is 12.6. The SMILES string of the molecule is CCCC(C)(N)C(=O)NCC(c1ccccc1)N1CCc2sccc2C1.Cl. The molecule has 27 heavy (non-hydrogen) atoms. The third kappa shape index (κ3) is 5.32. The minimum absolute atomic E-state index is 0. The summed E-state index contributed by atoms with van der Waals surface area (Å²) in [6.45, 7) is 6.40. The molecular weight excluding hydrogens is 378 g/mol. The Kier molecular flexibility index (Phi) is 7.86. The highest BCUT2D eigenvalue weighted by molar-refractivity contribution is 7.10. The molecule has 148 valence electrons. The van der Waals surface area contributed by atoms with Crippen molar-refractivity contribution in [2.75, 3.05) is 13.1 Å². The van der Waals surface area contributed by atoms with Crippen LogP contribution in [0.25, 0.3) is 0 Å². The van der Waals surface area contributed by atoms with E-state index in [1.54, 1.807) is 0 Å². The van der Waals surface area contributed by atoms with Crippen LogP contribution in [0.1, 0.15) is 48.7 Å². The molecule has 0 fully saturated rings. The molecule has 0 radical (unpaired) electrons. The summed E-state index contributed by atoms with van der Waals surface area (Å²) in [6.07, 6.45) is 2.67. The Morgan fingerprint density at radius 1 is 1.33 bits per heavy atom. The van der Waals surface area contributed by atoms with E-state index in [2.05, 4.69) is 52.9 Å². The highest BCUT2D eigenvalue weighted by Gasteiger charge is 2.30. The van der Waals surface area contributed by atoms with Crippen LogP contribution in [0, 0.1) is 0 Å². The molecule has 1 aromatic carbocycles. The Hall–Kier alpha value is -1.40. The van der Waals surface area contributed by atoms with Gasteiger partial charge in [-0.15, -0.1) is 23.7 Å². The van der Waals surface area contributed by atoms with E-state index in [-0.39, 0.29) is 24.4 Å². The van der Waals surface area contributed by atoms with Crippen molar-refractivity contribution in [2.24, 2.45) is 5.73 Å². The maximum atomic E-state index is 12.6. The van der Waals surface area contributed by atoms with E-state index in [0.717, 1.165) is 25.9 Å². The van der Waals surface area contributed by atoms with Gasteiger partial charge in [-0.1, -0.05) is 43.7 Å². The number of benzene rings is 1. The lowest BCUT2D eigenvalue weighted by Crippen LogP contribution is -2.53. The number of amides is 1. The second-order valence-electron chi connectivity index (χ2n) is 7.39. The van der Waals surface area contributed by atoms with E-state index < -0.39 is 5.54 Å². The standard InChI is InChI=1S/C21H29N3OS.ClH/c1-3-11-21(2,22)20(25)23-14-18(16-7-5-4-6-8-16)24-12-9-19-17(15-24)10-13-26-19;/h4-8,10,13,18H,3,9,11-12,14-15,22H2,1-2H3,(H,23,25);1H. The van der Waals surface area contributed by atoms with Crippen LogP contribution in [0.5, 0.6) is 0 Å². The minimum atomic E-state index is -0.807. The van der Waals surface area contributed by atoms with E-state index in [1.807, 2.05) is 24.3 Å². The number of nitrogens with one attached hydrogen (secondary N) is 1. The Morgan fingerprint density at radius 2 is 2.07 bits per heavy atom. The van der Waals surface area contributed by atoms with Gasteiger partial charge in [-0.05, 0) is 42.3 Å². The van der Waals surface area contributed by atoms with Crippen LogP contribution in [0.3, 0.4) is 0 Å². The van der Waals surface area contributed by atoms with Gasteiger partial charge in [0.15, 0.2) is 0 Å². The summed E-state index contributed by atoms with van der Waals surface area (Å²) in [6, 6.07) is 12.8. The number of rotatable bonds is 7. The van der Waals surface area contributed by atoms with E-state index in [9.17, 15) is 4.79 Å². The average molecular weight is 408 g/mol. The summed E-state index contributed by atoms with van der Waals surface area (Å²) in [7, 11) is 0. The van der Waals surface area contributed by atoms with Crippen molar-refractivity contribution in [1.29, 1.82) is 0 Å². The Balaban J connectivity index is 0.00000261. The monoisotopic (exact) mass is 407 g/mol. The molecule has 0 saturated heterocycles. The molecule has 2 unspecified atom stereocenters. The Labute approximate surface area is 172 Å². The average Bonchev–Trinajstić information content (AvgIpc) is 3.10. The molecule has 1 aliphatic heterocycles. The van der Waals surface area contributed by atoms with Gasteiger partial charge in [0.2, 0.25) is 5.91 Å². The largest absolute Gasteiger partial charge is 0.353 e. The maximum Gasteiger partial charge on any atom is 0.239 e. The first-order valence-corrected chi connectivity index (χ1v) is 10.3. The molecule has 0 saturated carbocycles. The number of thiophene rings is 1. The first-order valence-electron chi connectivity index (χ1n) is 9.42. The lowest BCUT2D eigenvalue weighted by molar-refractivity contribution is -0.126. The quantitative estimate of drug-likeness (QED) is 0.731. The number of fused-ring (bicyclic) bond motifs is 1. The zero-order chi connectivity index (χ0) is 18.6. The van der Waals surface area contributed by atoms with Gasteiger partial charge in [0.05, 0.1) is 11.6 Å². The number of hydrogen-bond acceptors (Lipinski definition) is 4. The van der Waals surface area contributed by atoms with Crippen molar-refractivity contribution in [3.63, 3.8) is 0 Å². The van der Waals surface area contributed by atoms with Crippen molar-refractivity contribution in [2.45, 2.75) is 51.2 Å². The van der Waals surface area contributed by atoms with Gasteiger partial charge >= 0.3 is 0 Å². The predicted octanol–water partition coefficient (Wildman–Crippen LogP) is 3.90. The van der Waals surface area contributed by atoms with Crippen LogP contribution in [0.4, 0.5) is 0 Å². The number of halogens is 1. The fraction of sp³-hybridized carbons (Fsp3) is 0.476. The minimum Gasteiger partial charge on any atom is -0.353 e. The molecule has 6 heteroatoms. The fourth-order valence-corrected chi connectivity index (χ4v) is 4.58. The van der Waals surface area contributed by atoms with Crippen molar-refractivity contribution in [3.05, 3.63) is 57.8 Å². The molecule has 0 bridgehead atoms. The van der Waals surface area contributed by atoms with Crippen molar-refractivity contribution in [1.82, 2.24) is 10.2 Å². The van der Waals surface area contributed by atoms with E-state index in [0.29, 0.717) is 13.0 Å². The van der Waals surface area contributed by atoms with Gasteiger partial charge in [0, 0.05) is 24.5 Å². The number of nitrogens with zero attached hydrogens (tertiary/aromatic N) is 1. The Bertz CT molecular complexity index is 732. The summed E-state index contributed by atoms with van der Waals surface area (Å²) < 4.78 is 0. The second kappa shape index (κ2) is 9.69. The van der Waals surface area contributed by atoms with Crippen LogP contribution >= 0.6 is 23.7 Å². The molecule has 0 aliphatic carbocycles. The van der Waals surface area contributed by atoms with Gasteiger partial charge in [-0.25, -0.2) is 0 Å². The number of nitrogens with two attached hydrogens (primary N) is 1. The van der Waals surface area contributed by atoms with E-state index in [1.165, 1.54) is 16.0 Å². The predicted molar refractivity (Wildman–Crippen MR) is 115 cm³/mol. The third-order valence-corrected chi connectivity index (χ3v) is 6.23. The van der Waals surface area contributed by atoms with E-state index >= 15 is 0 Å². The van der Waals surface area contributed by atoms with Crippen LogP contribution < -0.4 is 11.1 Å². The number of carbonyl (C=O) groups is 1. The first kappa shape index (κ1) is 21.9. The first-order chi connectivity index (χ1) is 12.5. The normalized spacial score (nSPS) is 17.3. The number of hydrogen-bond donors (Lipinski definition) is 2. The summed E-state index contributed by atoms with van der Waals surface area (Å²) in [5, 5.41) is 5.30. The van der Waals surface area contributed by atoms with Crippen molar-refractivity contribution < 1.29 is 4.79 Å². The lowest BCUT2D eigenvalue weighted by Gasteiger charge is -2.35. The topological polar surface area (TPSA) is 58.4 Å². The van der Waals surface area contributed by atoms with Crippen LogP contribution in [-0.4, -0.2) is 29.4 Å². The molecule has 1 aromatic heterocycles. The number of carbonyl (C=O) groups excluding carboxylic acids is 1. The van der Waals surface area contributed by atoms with Gasteiger partial charge in [0.1, 0.15) is 0 Å². The molecule has 2 atom stereocenters. The summed E-state index contributed by atoms with van der Waals surface area (Å²) in [4.78, 5) is 16.5. The third-order valence-electron chi connectivity index (χ3n) is 5.21. The van der Waals surface area contributed by atoms with Crippen LogP contribution in [-0.2, 0) is 17.8 Å². The molecule has 0 spiro atoms. The Morgan fingerprint density at radius 3 is 2.78 bits per heavy atom. The van der Waals surface area contributed by atoms with Gasteiger partial charge in [-0.3, -0.25) is 9.69 Å². The summed E-state index contributed by atoms with van der Waals surface area (Å²) >= 11 is 1.85. The fourth-order valence-electron chi connectivity index (χ4n) is 3.69. The van der Waals surface area contributed by atoms with Crippen LogP contribution in [0.15, 0.2) is 41.8 Å². The molecule has 4 nitrogen and oxygen atoms in total. The van der Waals surface area contributed by atoms with Gasteiger partial charge in [0.25, 0.3) is 0 Å². The van der Waals surface area contributed by atoms with Crippen molar-refractivity contribution in [3.8, 4) is 0 Å². The molecular formula is C21H30ClN3OS. The summed E-state index contributed by atoms with van der Waals surface area (Å²) in [5.74, 6) is -0.0616. The molecule has 3 N–H and O–H groups in total. The summed E-state index contributed by atoms with van der Waals surface area (Å²) in [5.41, 5.74) is 8.05. The van der Waals surface area contributed by atoms with Gasteiger partial charge < -0.3 is 11.1 Å². The zero-order valence-electron chi connectivity index (χ0n) is 16.1. The highest BCUT2D eigenvalue weighted by Crippen LogP contribution is 2.30. The smallest absolute Gasteiger partial charge is 0.239 e. The van der Waals surface area contributed by atoms with Crippen LogP contribution in [0.2, 0.25) is 0 Å². The molecule has 3 rings (SSSR count). The highest BCUT2D eigenvalue weighted by atomic mass is 35.5. The molecule has 1 amide bonds. The second-order valence-corrected chi connectivity index (χ2v) is 8.39. The lowest BCUT2D eigenvalue weighted by atomic mass is 9.96. The van der Waals surface area contributed by atoms with Gasteiger partial charge in [-0.2, -0.15) is 0 Å². The van der Waals surface area contributed by atoms with Crippen molar-refractivity contribution >= 4 is 29.7 Å². The molecule has 2 aromatic rings. The molecule has 1 aliphatic rings. The zero-order valence-corrected chi connectivity index (χ0v) is 17.7.